The average Bonchev–Trinajstić information content (AvgIpc) is 3.15. The molecule has 6 heteroatoms. The summed E-state index contributed by atoms with van der Waals surface area (Å²) in [6.07, 6.45) is 5.03. The van der Waals surface area contributed by atoms with E-state index in [9.17, 15) is 4.79 Å². The van der Waals surface area contributed by atoms with Crippen molar-refractivity contribution in [3.63, 3.8) is 0 Å². The zero-order valence-corrected chi connectivity index (χ0v) is 16.7. The van der Waals surface area contributed by atoms with Crippen molar-refractivity contribution in [3.05, 3.63) is 88.1 Å². The van der Waals surface area contributed by atoms with Crippen molar-refractivity contribution >= 4 is 51.7 Å². The SMILES string of the molecule is C=CCn1c2ccccc2n2nc(C)c(C(=O)C=Cc3ccc(Cl)cc3Cl)c12. The predicted molar refractivity (Wildman–Crippen MR) is 115 cm³/mol. The highest BCUT2D eigenvalue weighted by Crippen LogP contribution is 2.27. The molecule has 140 valence electrons. The number of hydrogen-bond acceptors (Lipinski definition) is 2. The third-order valence-corrected chi connectivity index (χ3v) is 5.19. The number of aryl methyl sites for hydroxylation is 1. The Kier molecular flexibility index (Phi) is 4.84. The van der Waals surface area contributed by atoms with Crippen molar-refractivity contribution in [2.75, 3.05) is 0 Å². The molecule has 4 rings (SSSR count). The maximum Gasteiger partial charge on any atom is 0.191 e. The van der Waals surface area contributed by atoms with Gasteiger partial charge in [-0.15, -0.1) is 6.58 Å². The lowest BCUT2D eigenvalue weighted by atomic mass is 10.1. The van der Waals surface area contributed by atoms with Gasteiger partial charge in [-0.2, -0.15) is 5.10 Å². The van der Waals surface area contributed by atoms with E-state index in [0.29, 0.717) is 27.8 Å². The highest BCUT2D eigenvalue weighted by molar-refractivity contribution is 6.35. The summed E-state index contributed by atoms with van der Waals surface area (Å²) in [5.41, 5.74) is 4.69. The van der Waals surface area contributed by atoms with Crippen LogP contribution < -0.4 is 0 Å². The van der Waals surface area contributed by atoms with Gasteiger partial charge in [0.1, 0.15) is 5.65 Å². The van der Waals surface area contributed by atoms with E-state index in [0.717, 1.165) is 22.2 Å². The van der Waals surface area contributed by atoms with E-state index in [2.05, 4.69) is 16.2 Å². The lowest BCUT2D eigenvalue weighted by Gasteiger charge is -2.03. The third kappa shape index (κ3) is 3.05. The van der Waals surface area contributed by atoms with Crippen LogP contribution in [0.15, 0.2) is 61.2 Å². The largest absolute Gasteiger partial charge is 0.320 e. The molecule has 4 aromatic rings. The van der Waals surface area contributed by atoms with Crippen molar-refractivity contribution in [2.24, 2.45) is 0 Å². The predicted octanol–water partition coefficient (Wildman–Crippen LogP) is 5.99. The van der Waals surface area contributed by atoms with Crippen LogP contribution in [0.25, 0.3) is 22.8 Å². The summed E-state index contributed by atoms with van der Waals surface area (Å²) in [5.74, 6) is -0.133. The van der Waals surface area contributed by atoms with E-state index in [4.69, 9.17) is 23.2 Å². The van der Waals surface area contributed by atoms with Crippen LogP contribution >= 0.6 is 23.2 Å². The summed E-state index contributed by atoms with van der Waals surface area (Å²) in [4.78, 5) is 13.1. The normalized spacial score (nSPS) is 11.7. The molecule has 4 nitrogen and oxygen atoms in total. The third-order valence-electron chi connectivity index (χ3n) is 4.63. The van der Waals surface area contributed by atoms with Gasteiger partial charge in [0.2, 0.25) is 0 Å². The number of halogens is 2. The molecule has 28 heavy (non-hydrogen) atoms. The molecule has 0 atom stereocenters. The van der Waals surface area contributed by atoms with Gasteiger partial charge in [0.25, 0.3) is 0 Å². The topological polar surface area (TPSA) is 39.3 Å². The molecule has 0 fully saturated rings. The highest BCUT2D eigenvalue weighted by atomic mass is 35.5. The van der Waals surface area contributed by atoms with E-state index in [1.165, 1.54) is 6.08 Å². The Morgan fingerprint density at radius 1 is 1.18 bits per heavy atom. The number of benzene rings is 2. The minimum absolute atomic E-state index is 0.133. The molecule has 0 saturated heterocycles. The van der Waals surface area contributed by atoms with Crippen LogP contribution in [0.2, 0.25) is 10.0 Å². The van der Waals surface area contributed by atoms with E-state index < -0.39 is 0 Å². The molecule has 0 aliphatic carbocycles. The van der Waals surface area contributed by atoms with Crippen LogP contribution in [-0.4, -0.2) is 20.0 Å². The number of fused-ring (bicyclic) bond motifs is 3. The summed E-state index contributed by atoms with van der Waals surface area (Å²) in [5, 5.41) is 5.66. The molecule has 0 amide bonds. The second-order valence-corrected chi connectivity index (χ2v) is 7.29. The quantitative estimate of drug-likeness (QED) is 0.230. The number of aromatic nitrogens is 3. The number of hydrogen-bond donors (Lipinski definition) is 0. The molecule has 2 heterocycles. The number of carbonyl (C=O) groups is 1. The van der Waals surface area contributed by atoms with Gasteiger partial charge in [-0.1, -0.05) is 47.5 Å². The zero-order chi connectivity index (χ0) is 19.8. The molecule has 0 unspecified atom stereocenters. The van der Waals surface area contributed by atoms with Gasteiger partial charge >= 0.3 is 0 Å². The standard InChI is InChI=1S/C22H17Cl2N3O/c1-3-12-26-18-6-4-5-7-19(18)27-22(26)21(14(2)25-27)20(28)11-9-15-8-10-16(23)13-17(15)24/h3-11,13H,1,12H2,2H3. The molecule has 2 aromatic carbocycles. The monoisotopic (exact) mass is 409 g/mol. The Morgan fingerprint density at radius 2 is 1.93 bits per heavy atom. The molecule has 0 saturated carbocycles. The van der Waals surface area contributed by atoms with Crippen LogP contribution in [0.5, 0.6) is 0 Å². The first kappa shape index (κ1) is 18.5. The number of rotatable bonds is 5. The molecule has 0 radical (unpaired) electrons. The van der Waals surface area contributed by atoms with Gasteiger partial charge < -0.3 is 4.57 Å². The summed E-state index contributed by atoms with van der Waals surface area (Å²) >= 11 is 12.1. The number of para-hydroxylation sites is 2. The molecule has 0 aliphatic rings. The fourth-order valence-corrected chi connectivity index (χ4v) is 3.88. The summed E-state index contributed by atoms with van der Waals surface area (Å²) in [6, 6.07) is 13.1. The second-order valence-electron chi connectivity index (χ2n) is 6.45. The lowest BCUT2D eigenvalue weighted by molar-refractivity contribution is 0.104. The van der Waals surface area contributed by atoms with E-state index >= 15 is 0 Å². The van der Waals surface area contributed by atoms with Gasteiger partial charge in [-0.25, -0.2) is 4.52 Å². The van der Waals surface area contributed by atoms with E-state index in [1.807, 2.05) is 41.8 Å². The van der Waals surface area contributed by atoms with Crippen LogP contribution in [0.1, 0.15) is 21.6 Å². The number of imidazole rings is 1. The van der Waals surface area contributed by atoms with Gasteiger partial charge in [-0.05, 0) is 48.9 Å². The molecular weight excluding hydrogens is 393 g/mol. The van der Waals surface area contributed by atoms with Crippen molar-refractivity contribution in [1.82, 2.24) is 14.2 Å². The highest BCUT2D eigenvalue weighted by Gasteiger charge is 2.21. The molecule has 0 spiro atoms. The summed E-state index contributed by atoms with van der Waals surface area (Å²) < 4.78 is 3.88. The second kappa shape index (κ2) is 7.30. The van der Waals surface area contributed by atoms with Gasteiger partial charge in [0.05, 0.1) is 22.3 Å². The molecule has 0 aliphatic heterocycles. The van der Waals surface area contributed by atoms with Gasteiger partial charge in [-0.3, -0.25) is 4.79 Å². The molecule has 0 bridgehead atoms. The van der Waals surface area contributed by atoms with E-state index in [-0.39, 0.29) is 5.78 Å². The number of carbonyl (C=O) groups excluding carboxylic acids is 1. The van der Waals surface area contributed by atoms with Crippen LogP contribution in [0.3, 0.4) is 0 Å². The molecule has 0 N–H and O–H groups in total. The van der Waals surface area contributed by atoms with Crippen LogP contribution in [0.4, 0.5) is 0 Å². The minimum Gasteiger partial charge on any atom is -0.320 e. The van der Waals surface area contributed by atoms with Crippen LogP contribution in [-0.2, 0) is 6.54 Å². The summed E-state index contributed by atoms with van der Waals surface area (Å²) in [6.45, 7) is 6.27. The Morgan fingerprint density at radius 3 is 2.64 bits per heavy atom. The van der Waals surface area contributed by atoms with Gasteiger partial charge in [0, 0.05) is 16.6 Å². The Labute approximate surface area is 172 Å². The van der Waals surface area contributed by atoms with Crippen molar-refractivity contribution in [1.29, 1.82) is 0 Å². The number of ketones is 1. The first-order valence-corrected chi connectivity index (χ1v) is 9.51. The van der Waals surface area contributed by atoms with E-state index in [1.54, 1.807) is 24.3 Å². The fourth-order valence-electron chi connectivity index (χ4n) is 3.41. The Balaban J connectivity index is 1.86. The Hall–Kier alpha value is -2.82. The minimum atomic E-state index is -0.133. The Bertz CT molecular complexity index is 1260. The number of nitrogens with zero attached hydrogens (tertiary/aromatic N) is 3. The maximum atomic E-state index is 13.1. The van der Waals surface area contributed by atoms with Crippen molar-refractivity contribution in [2.45, 2.75) is 13.5 Å². The first-order valence-electron chi connectivity index (χ1n) is 8.76. The molecular formula is C22H17Cl2N3O. The van der Waals surface area contributed by atoms with Crippen molar-refractivity contribution in [3.8, 4) is 0 Å². The summed E-state index contributed by atoms with van der Waals surface area (Å²) in [7, 11) is 0. The first-order chi connectivity index (χ1) is 13.5. The zero-order valence-electron chi connectivity index (χ0n) is 15.2. The maximum absolute atomic E-state index is 13.1. The van der Waals surface area contributed by atoms with Crippen LogP contribution in [0, 0.1) is 6.92 Å². The smallest absolute Gasteiger partial charge is 0.191 e. The number of allylic oxidation sites excluding steroid dienone is 2. The fraction of sp³-hybridized carbons (Fsp3) is 0.0909. The van der Waals surface area contributed by atoms with Gasteiger partial charge in [0.15, 0.2) is 5.78 Å². The molecule has 2 aromatic heterocycles. The lowest BCUT2D eigenvalue weighted by Crippen LogP contribution is -2.02. The van der Waals surface area contributed by atoms with Crippen molar-refractivity contribution < 1.29 is 4.79 Å². The average molecular weight is 410 g/mol.